The van der Waals surface area contributed by atoms with Crippen LogP contribution in [0.1, 0.15) is 17.3 Å². The Balaban J connectivity index is 1.25. The molecule has 0 radical (unpaired) electrons. The number of aromatic nitrogens is 6. The van der Waals surface area contributed by atoms with Gasteiger partial charge in [-0.05, 0) is 29.5 Å². The second-order valence-corrected chi connectivity index (χ2v) is 7.77. The van der Waals surface area contributed by atoms with Crippen molar-refractivity contribution >= 4 is 28.6 Å². The summed E-state index contributed by atoms with van der Waals surface area (Å²) in [5.74, 6) is -1.86. The average molecular weight is 483 g/mol. The number of para-hydroxylation sites is 2. The summed E-state index contributed by atoms with van der Waals surface area (Å²) in [6.07, 6.45) is -4.52. The van der Waals surface area contributed by atoms with Crippen LogP contribution in [-0.4, -0.2) is 59.3 Å². The van der Waals surface area contributed by atoms with E-state index in [9.17, 15) is 22.8 Å². The average Bonchev–Trinajstić information content (AvgIpc) is 3.51. The molecule has 3 heterocycles. The van der Waals surface area contributed by atoms with Gasteiger partial charge < -0.3 is 4.98 Å². The van der Waals surface area contributed by atoms with E-state index in [4.69, 9.17) is 5.41 Å². The van der Waals surface area contributed by atoms with Gasteiger partial charge in [0, 0.05) is 5.56 Å². The Hall–Kier alpha value is -4.62. The van der Waals surface area contributed by atoms with E-state index < -0.39 is 30.1 Å². The minimum Gasteiger partial charge on any atom is -0.341 e. The fraction of sp³-hybridized carbons (Fsp3) is 0.190. The number of amides is 1. The highest BCUT2D eigenvalue weighted by Gasteiger charge is 2.40. The number of hydrogen-bond acceptors (Lipinski definition) is 7. The van der Waals surface area contributed by atoms with Crippen LogP contribution in [-0.2, 0) is 22.3 Å². The molecule has 35 heavy (non-hydrogen) atoms. The molecule has 0 bridgehead atoms. The molecule has 0 aliphatic carbocycles. The van der Waals surface area contributed by atoms with E-state index in [1.807, 2.05) is 6.07 Å². The van der Waals surface area contributed by atoms with E-state index >= 15 is 0 Å². The summed E-state index contributed by atoms with van der Waals surface area (Å²) in [6, 6.07) is 11.6. The maximum atomic E-state index is 12.9. The van der Waals surface area contributed by atoms with Crippen LogP contribution in [0.15, 0.2) is 48.5 Å². The van der Waals surface area contributed by atoms with Gasteiger partial charge in [0.05, 0.1) is 16.6 Å². The van der Waals surface area contributed by atoms with Crippen molar-refractivity contribution in [2.75, 3.05) is 6.54 Å². The van der Waals surface area contributed by atoms with Crippen LogP contribution in [0, 0.1) is 5.41 Å². The summed E-state index contributed by atoms with van der Waals surface area (Å²) >= 11 is 0. The van der Waals surface area contributed by atoms with Crippen molar-refractivity contribution in [3.8, 4) is 11.4 Å². The molecule has 0 spiro atoms. The number of halogens is 3. The molecule has 1 unspecified atom stereocenters. The first kappa shape index (κ1) is 22.2. The summed E-state index contributed by atoms with van der Waals surface area (Å²) in [5, 5.41) is 20.8. The fourth-order valence-corrected chi connectivity index (χ4v) is 3.71. The van der Waals surface area contributed by atoms with Crippen LogP contribution in [0.3, 0.4) is 0 Å². The number of hydrazine groups is 1. The largest absolute Gasteiger partial charge is 0.416 e. The number of imidazole rings is 1. The fourth-order valence-electron chi connectivity index (χ4n) is 3.71. The highest BCUT2D eigenvalue weighted by Crippen LogP contribution is 2.31. The molecular weight excluding hydrogens is 467 g/mol. The number of amidine groups is 1. The Labute approximate surface area is 194 Å². The molecule has 178 valence electrons. The van der Waals surface area contributed by atoms with E-state index in [-0.39, 0.29) is 29.6 Å². The number of nitrogens with zero attached hydrogens (tertiary/aromatic N) is 6. The van der Waals surface area contributed by atoms with Gasteiger partial charge >= 0.3 is 6.18 Å². The first-order valence-corrected chi connectivity index (χ1v) is 10.3. The number of Topliss-reactive ketones (excluding diaryl/α,β-unsaturated/α-hetero) is 1. The number of tetrazole rings is 1. The Morgan fingerprint density at radius 2 is 2.00 bits per heavy atom. The summed E-state index contributed by atoms with van der Waals surface area (Å²) in [4.78, 5) is 33.3. The standard InChI is InChI=1S/C21H16F3N9O2/c22-21(23,24)12-5-3-4-11(8-12)19-28-31-33(30-19)10-16(35)29-32-9-15(34)17(18(32)25)20-26-13-6-1-2-7-14(13)27-20/h1-8,17,25H,9-10H2,(H,26,27)(H,29,35). The number of H-pyrrole nitrogens is 1. The number of benzene rings is 2. The summed E-state index contributed by atoms with van der Waals surface area (Å²) < 4.78 is 38.8. The SMILES string of the molecule is N=C1C(c2nc3ccccc3[nH]2)C(=O)CN1NC(=O)Cn1nnc(-c2cccc(C(F)(F)F)c2)n1. The summed E-state index contributed by atoms with van der Waals surface area (Å²) in [6.45, 7) is -0.661. The van der Waals surface area contributed by atoms with Crippen LogP contribution in [0.25, 0.3) is 22.4 Å². The van der Waals surface area contributed by atoms with Gasteiger partial charge in [-0.2, -0.15) is 18.0 Å². The molecule has 1 aliphatic rings. The van der Waals surface area contributed by atoms with Gasteiger partial charge in [-0.25, -0.2) is 4.98 Å². The number of fused-ring (bicyclic) bond motifs is 1. The smallest absolute Gasteiger partial charge is 0.341 e. The second-order valence-electron chi connectivity index (χ2n) is 7.77. The van der Waals surface area contributed by atoms with E-state index in [1.165, 1.54) is 12.1 Å². The molecule has 14 heteroatoms. The number of hydrogen-bond donors (Lipinski definition) is 3. The van der Waals surface area contributed by atoms with Gasteiger partial charge in [0.1, 0.15) is 30.7 Å². The first-order chi connectivity index (χ1) is 16.7. The number of alkyl halides is 3. The van der Waals surface area contributed by atoms with Gasteiger partial charge in [0.15, 0.2) is 5.78 Å². The molecule has 5 rings (SSSR count). The highest BCUT2D eigenvalue weighted by atomic mass is 19.4. The minimum absolute atomic E-state index is 0.0852. The molecule has 1 atom stereocenters. The quantitative estimate of drug-likeness (QED) is 0.393. The maximum absolute atomic E-state index is 12.9. The minimum atomic E-state index is -4.52. The van der Waals surface area contributed by atoms with E-state index in [1.54, 1.807) is 18.2 Å². The lowest BCUT2D eigenvalue weighted by Gasteiger charge is -2.18. The van der Waals surface area contributed by atoms with Crippen LogP contribution in [0.2, 0.25) is 0 Å². The van der Waals surface area contributed by atoms with Crippen molar-refractivity contribution in [1.29, 1.82) is 5.41 Å². The molecule has 1 aliphatic heterocycles. The van der Waals surface area contributed by atoms with Crippen LogP contribution in [0.5, 0.6) is 0 Å². The van der Waals surface area contributed by atoms with E-state index in [0.717, 1.165) is 27.5 Å². The Morgan fingerprint density at radius 1 is 1.20 bits per heavy atom. The number of carbonyl (C=O) groups excluding carboxylic acids is 2. The van der Waals surface area contributed by atoms with E-state index in [2.05, 4.69) is 30.8 Å². The van der Waals surface area contributed by atoms with Crippen LogP contribution >= 0.6 is 0 Å². The lowest BCUT2D eigenvalue weighted by Crippen LogP contribution is -2.45. The first-order valence-electron chi connectivity index (χ1n) is 10.3. The molecule has 1 amide bonds. The summed E-state index contributed by atoms with van der Waals surface area (Å²) in [5.41, 5.74) is 3.05. The number of carbonyl (C=O) groups is 2. The Kier molecular flexibility index (Phi) is 5.26. The van der Waals surface area contributed by atoms with Crippen molar-refractivity contribution < 1.29 is 22.8 Å². The zero-order valence-electron chi connectivity index (χ0n) is 17.7. The third kappa shape index (κ3) is 4.32. The predicted octanol–water partition coefficient (Wildman–Crippen LogP) is 1.91. The Bertz CT molecular complexity index is 1430. The number of aromatic amines is 1. The molecule has 3 N–H and O–H groups in total. The zero-order chi connectivity index (χ0) is 24.7. The maximum Gasteiger partial charge on any atom is 0.416 e. The van der Waals surface area contributed by atoms with Crippen LogP contribution in [0.4, 0.5) is 13.2 Å². The van der Waals surface area contributed by atoms with Gasteiger partial charge in [0.2, 0.25) is 5.82 Å². The van der Waals surface area contributed by atoms with Crippen molar-refractivity contribution in [2.24, 2.45) is 0 Å². The Morgan fingerprint density at radius 3 is 2.77 bits per heavy atom. The molecule has 1 saturated heterocycles. The molecular formula is C21H16F3N9O2. The van der Waals surface area contributed by atoms with Crippen molar-refractivity contribution in [3.05, 3.63) is 59.9 Å². The monoisotopic (exact) mass is 483 g/mol. The molecule has 2 aromatic carbocycles. The third-order valence-corrected chi connectivity index (χ3v) is 5.33. The molecule has 0 saturated carbocycles. The van der Waals surface area contributed by atoms with Crippen molar-refractivity contribution in [3.63, 3.8) is 0 Å². The van der Waals surface area contributed by atoms with Crippen molar-refractivity contribution in [1.82, 2.24) is 40.6 Å². The lowest BCUT2D eigenvalue weighted by atomic mass is 10.1. The molecule has 1 fully saturated rings. The number of rotatable bonds is 5. The number of nitrogens with one attached hydrogen (secondary N) is 3. The predicted molar refractivity (Wildman–Crippen MR) is 115 cm³/mol. The van der Waals surface area contributed by atoms with Gasteiger partial charge in [-0.3, -0.25) is 25.4 Å². The highest BCUT2D eigenvalue weighted by molar-refractivity contribution is 6.14. The topological polar surface area (TPSA) is 146 Å². The summed E-state index contributed by atoms with van der Waals surface area (Å²) in [7, 11) is 0. The second kappa shape index (κ2) is 8.30. The van der Waals surface area contributed by atoms with Crippen molar-refractivity contribution in [2.45, 2.75) is 18.6 Å². The van der Waals surface area contributed by atoms with Gasteiger partial charge in [0.25, 0.3) is 5.91 Å². The van der Waals surface area contributed by atoms with Crippen LogP contribution < -0.4 is 5.43 Å². The zero-order valence-corrected chi connectivity index (χ0v) is 17.7. The van der Waals surface area contributed by atoms with E-state index in [0.29, 0.717) is 11.3 Å². The van der Waals surface area contributed by atoms with Gasteiger partial charge in [-0.1, -0.05) is 24.3 Å². The van der Waals surface area contributed by atoms with Gasteiger partial charge in [-0.15, -0.1) is 10.2 Å². The molecule has 4 aromatic rings. The lowest BCUT2D eigenvalue weighted by molar-refractivity contribution is -0.137. The molecule has 11 nitrogen and oxygen atoms in total. The number of ketones is 1. The third-order valence-electron chi connectivity index (χ3n) is 5.33. The molecule has 2 aromatic heterocycles. The normalized spacial score (nSPS) is 16.3.